The van der Waals surface area contributed by atoms with E-state index in [1.165, 1.54) is 0 Å². The van der Waals surface area contributed by atoms with Crippen LogP contribution in [0.1, 0.15) is 33.6 Å². The molecule has 1 aliphatic rings. The van der Waals surface area contributed by atoms with E-state index in [0.717, 1.165) is 6.42 Å². The quantitative estimate of drug-likeness (QED) is 0.737. The highest BCUT2D eigenvalue weighted by Crippen LogP contribution is 2.23. The minimum absolute atomic E-state index is 0.000231. The SMILES string of the molecule is CN(C)C(=O)CC1CCN1C(=O)OC(C)(C)C. The summed E-state index contributed by atoms with van der Waals surface area (Å²) in [5, 5.41) is 0. The first-order chi connectivity index (χ1) is 7.70. The molecule has 0 N–H and O–H groups in total. The second-order valence-corrected chi connectivity index (χ2v) is 5.61. The fourth-order valence-corrected chi connectivity index (χ4v) is 1.60. The summed E-state index contributed by atoms with van der Waals surface area (Å²) in [5.74, 6) is 0.0447. The number of ether oxygens (including phenoxy) is 1. The van der Waals surface area contributed by atoms with Crippen molar-refractivity contribution >= 4 is 12.0 Å². The third-order valence-electron chi connectivity index (χ3n) is 2.68. The van der Waals surface area contributed by atoms with Crippen molar-refractivity contribution in [1.82, 2.24) is 9.80 Å². The van der Waals surface area contributed by atoms with Gasteiger partial charge in [-0.3, -0.25) is 4.79 Å². The Hall–Kier alpha value is -1.26. The van der Waals surface area contributed by atoms with Gasteiger partial charge in [0.2, 0.25) is 5.91 Å². The lowest BCUT2D eigenvalue weighted by Gasteiger charge is -2.41. The van der Waals surface area contributed by atoms with E-state index < -0.39 is 5.60 Å². The molecule has 0 radical (unpaired) electrons. The molecule has 1 fully saturated rings. The Morgan fingerprint density at radius 1 is 1.35 bits per heavy atom. The lowest BCUT2D eigenvalue weighted by Crippen LogP contribution is -2.54. The molecule has 0 aromatic carbocycles. The van der Waals surface area contributed by atoms with Crippen LogP contribution in [-0.4, -0.2) is 54.1 Å². The van der Waals surface area contributed by atoms with Gasteiger partial charge in [0, 0.05) is 33.1 Å². The van der Waals surface area contributed by atoms with Gasteiger partial charge in [-0.1, -0.05) is 0 Å². The van der Waals surface area contributed by atoms with E-state index in [0.29, 0.717) is 13.0 Å². The van der Waals surface area contributed by atoms with Crippen molar-refractivity contribution in [2.24, 2.45) is 0 Å². The summed E-state index contributed by atoms with van der Waals surface area (Å²) in [6, 6.07) is -0.000231. The van der Waals surface area contributed by atoms with Crippen LogP contribution >= 0.6 is 0 Å². The molecule has 0 aromatic rings. The smallest absolute Gasteiger partial charge is 0.410 e. The highest BCUT2D eigenvalue weighted by molar-refractivity contribution is 5.78. The molecule has 0 saturated carbocycles. The molecular weight excluding hydrogens is 220 g/mol. The van der Waals surface area contributed by atoms with E-state index in [1.54, 1.807) is 23.9 Å². The number of likely N-dealkylation sites (tertiary alicyclic amines) is 1. The molecule has 1 saturated heterocycles. The number of hydrogen-bond acceptors (Lipinski definition) is 3. The predicted molar refractivity (Wildman–Crippen MR) is 64.7 cm³/mol. The summed E-state index contributed by atoms with van der Waals surface area (Å²) >= 11 is 0. The van der Waals surface area contributed by atoms with Crippen molar-refractivity contribution in [2.75, 3.05) is 20.6 Å². The topological polar surface area (TPSA) is 49.9 Å². The van der Waals surface area contributed by atoms with E-state index >= 15 is 0 Å². The zero-order valence-corrected chi connectivity index (χ0v) is 11.3. The first-order valence-electron chi connectivity index (χ1n) is 5.90. The van der Waals surface area contributed by atoms with Crippen LogP contribution < -0.4 is 0 Å². The highest BCUT2D eigenvalue weighted by Gasteiger charge is 2.36. The van der Waals surface area contributed by atoms with Crippen molar-refractivity contribution in [3.63, 3.8) is 0 Å². The number of nitrogens with zero attached hydrogens (tertiary/aromatic N) is 2. The molecule has 0 bridgehead atoms. The van der Waals surface area contributed by atoms with Gasteiger partial charge in [0.1, 0.15) is 5.60 Å². The third-order valence-corrected chi connectivity index (χ3v) is 2.68. The minimum Gasteiger partial charge on any atom is -0.444 e. The Morgan fingerprint density at radius 3 is 2.29 bits per heavy atom. The molecule has 2 amide bonds. The molecule has 17 heavy (non-hydrogen) atoms. The van der Waals surface area contributed by atoms with Gasteiger partial charge in [-0.15, -0.1) is 0 Å². The van der Waals surface area contributed by atoms with Gasteiger partial charge in [-0.05, 0) is 27.2 Å². The molecule has 1 rings (SSSR count). The summed E-state index contributed by atoms with van der Waals surface area (Å²) in [7, 11) is 3.44. The molecular formula is C12H22N2O3. The fourth-order valence-electron chi connectivity index (χ4n) is 1.60. The van der Waals surface area contributed by atoms with Gasteiger partial charge in [0.25, 0.3) is 0 Å². The van der Waals surface area contributed by atoms with Crippen molar-refractivity contribution < 1.29 is 14.3 Å². The summed E-state index contributed by atoms with van der Waals surface area (Å²) in [6.45, 7) is 6.19. The van der Waals surface area contributed by atoms with Gasteiger partial charge in [0.15, 0.2) is 0 Å². The minimum atomic E-state index is -0.483. The van der Waals surface area contributed by atoms with Crippen molar-refractivity contribution in [3.8, 4) is 0 Å². The van der Waals surface area contributed by atoms with Crippen LogP contribution in [0.25, 0.3) is 0 Å². The molecule has 1 unspecified atom stereocenters. The standard InChI is InChI=1S/C12H22N2O3/c1-12(2,3)17-11(16)14-7-6-9(14)8-10(15)13(4)5/h9H,6-8H2,1-5H3. The first-order valence-corrected chi connectivity index (χ1v) is 5.90. The van der Waals surface area contributed by atoms with Crippen molar-refractivity contribution in [1.29, 1.82) is 0 Å². The van der Waals surface area contributed by atoms with E-state index in [-0.39, 0.29) is 18.0 Å². The Bertz CT molecular complexity index is 307. The molecule has 0 aliphatic carbocycles. The molecule has 1 aliphatic heterocycles. The molecule has 5 heteroatoms. The summed E-state index contributed by atoms with van der Waals surface area (Å²) in [4.78, 5) is 26.5. The van der Waals surface area contributed by atoms with Crippen LogP contribution in [0.4, 0.5) is 4.79 Å². The highest BCUT2D eigenvalue weighted by atomic mass is 16.6. The zero-order chi connectivity index (χ0) is 13.2. The predicted octanol–water partition coefficient (Wildman–Crippen LogP) is 1.47. The first kappa shape index (κ1) is 13.8. The van der Waals surface area contributed by atoms with Crippen molar-refractivity contribution in [2.45, 2.75) is 45.3 Å². The second-order valence-electron chi connectivity index (χ2n) is 5.61. The number of hydrogen-bond donors (Lipinski definition) is 0. The van der Waals surface area contributed by atoms with Gasteiger partial charge in [0.05, 0.1) is 0 Å². The Labute approximate surface area is 103 Å². The number of carbonyl (C=O) groups excluding carboxylic acids is 2. The van der Waals surface area contributed by atoms with Crippen LogP contribution in [0.3, 0.4) is 0 Å². The number of carbonyl (C=O) groups is 2. The monoisotopic (exact) mass is 242 g/mol. The van der Waals surface area contributed by atoms with E-state index in [9.17, 15) is 9.59 Å². The molecule has 1 atom stereocenters. The second kappa shape index (κ2) is 4.94. The van der Waals surface area contributed by atoms with Gasteiger partial charge < -0.3 is 14.5 Å². The zero-order valence-electron chi connectivity index (χ0n) is 11.3. The molecule has 1 heterocycles. The molecule has 0 spiro atoms. The average molecular weight is 242 g/mol. The number of rotatable bonds is 2. The largest absolute Gasteiger partial charge is 0.444 e. The number of amides is 2. The summed E-state index contributed by atoms with van der Waals surface area (Å²) < 4.78 is 5.28. The van der Waals surface area contributed by atoms with Crippen LogP contribution in [0.5, 0.6) is 0 Å². The van der Waals surface area contributed by atoms with Gasteiger partial charge >= 0.3 is 6.09 Å². The van der Waals surface area contributed by atoms with Crippen molar-refractivity contribution in [3.05, 3.63) is 0 Å². The molecule has 98 valence electrons. The van der Waals surface area contributed by atoms with Gasteiger partial charge in [-0.25, -0.2) is 4.79 Å². The van der Waals surface area contributed by atoms with Crippen LogP contribution in [0.15, 0.2) is 0 Å². The van der Waals surface area contributed by atoms with E-state index in [2.05, 4.69) is 0 Å². The Balaban J connectivity index is 2.46. The normalized spacial score (nSPS) is 19.6. The Kier molecular flexibility index (Phi) is 4.01. The maximum absolute atomic E-state index is 11.8. The van der Waals surface area contributed by atoms with E-state index in [4.69, 9.17) is 4.74 Å². The maximum atomic E-state index is 11.8. The fraction of sp³-hybridized carbons (Fsp3) is 0.833. The maximum Gasteiger partial charge on any atom is 0.410 e. The van der Waals surface area contributed by atoms with Crippen LogP contribution in [0.2, 0.25) is 0 Å². The third kappa shape index (κ3) is 3.91. The molecule has 0 aromatic heterocycles. The van der Waals surface area contributed by atoms with Crippen LogP contribution in [-0.2, 0) is 9.53 Å². The summed E-state index contributed by atoms with van der Waals surface area (Å²) in [5.41, 5.74) is -0.483. The summed E-state index contributed by atoms with van der Waals surface area (Å²) in [6.07, 6.45) is 0.936. The van der Waals surface area contributed by atoms with E-state index in [1.807, 2.05) is 20.8 Å². The Morgan fingerprint density at radius 2 is 1.94 bits per heavy atom. The molecule has 5 nitrogen and oxygen atoms in total. The van der Waals surface area contributed by atoms with Crippen LogP contribution in [0, 0.1) is 0 Å². The van der Waals surface area contributed by atoms with Gasteiger partial charge in [-0.2, -0.15) is 0 Å². The lowest BCUT2D eigenvalue weighted by atomic mass is 10.00. The average Bonchev–Trinajstić information content (AvgIpc) is 2.08. The lowest BCUT2D eigenvalue weighted by molar-refractivity contribution is -0.130.